The maximum atomic E-state index is 14.5. The highest BCUT2D eigenvalue weighted by Crippen LogP contribution is 2.32. The number of methoxy groups -OCH3 is 1. The van der Waals surface area contributed by atoms with Gasteiger partial charge in [-0.15, -0.1) is 0 Å². The summed E-state index contributed by atoms with van der Waals surface area (Å²) in [5.74, 6) is -0.524. The van der Waals surface area contributed by atoms with Crippen LogP contribution in [-0.2, 0) is 32.6 Å². The number of benzene rings is 4. The monoisotopic (exact) mass is 627 g/mol. The van der Waals surface area contributed by atoms with Gasteiger partial charge in [-0.25, -0.2) is 8.42 Å². The lowest BCUT2D eigenvalue weighted by Crippen LogP contribution is -2.53. The summed E-state index contributed by atoms with van der Waals surface area (Å²) in [6.07, 6.45) is 0.986. The molecule has 0 bridgehead atoms. The zero-order valence-corrected chi connectivity index (χ0v) is 27.1. The van der Waals surface area contributed by atoms with E-state index in [1.54, 1.807) is 36.4 Å². The van der Waals surface area contributed by atoms with Crippen LogP contribution in [0.3, 0.4) is 0 Å². The smallest absolute Gasteiger partial charge is 0.264 e. The lowest BCUT2D eigenvalue weighted by atomic mass is 10.0. The molecule has 4 rings (SSSR count). The van der Waals surface area contributed by atoms with Crippen LogP contribution in [-0.4, -0.2) is 51.4 Å². The van der Waals surface area contributed by atoms with Crippen molar-refractivity contribution in [3.8, 4) is 5.75 Å². The Morgan fingerprint density at radius 1 is 0.800 bits per heavy atom. The lowest BCUT2D eigenvalue weighted by Gasteiger charge is -2.34. The molecule has 0 aromatic heterocycles. The molecule has 9 heteroatoms. The minimum atomic E-state index is -4.22. The normalized spacial score (nSPS) is 11.8. The second kappa shape index (κ2) is 15.4. The number of hydrogen-bond donors (Lipinski definition) is 1. The van der Waals surface area contributed by atoms with E-state index < -0.39 is 28.5 Å². The van der Waals surface area contributed by atoms with Gasteiger partial charge >= 0.3 is 0 Å². The Hall–Kier alpha value is -4.63. The largest absolute Gasteiger partial charge is 0.495 e. The van der Waals surface area contributed by atoms with Gasteiger partial charge in [0.25, 0.3) is 10.0 Å². The van der Waals surface area contributed by atoms with Crippen molar-refractivity contribution in [3.63, 3.8) is 0 Å². The van der Waals surface area contributed by atoms with Crippen LogP contribution in [0.1, 0.15) is 35.6 Å². The van der Waals surface area contributed by atoms with Crippen molar-refractivity contribution in [1.29, 1.82) is 0 Å². The molecule has 1 N–H and O–H groups in total. The predicted octanol–water partition coefficient (Wildman–Crippen LogP) is 5.67. The molecule has 1 unspecified atom stereocenters. The number of aryl methyl sites for hydroxylation is 2. The van der Waals surface area contributed by atoms with Crippen LogP contribution in [0.25, 0.3) is 0 Å². The molecule has 0 saturated heterocycles. The van der Waals surface area contributed by atoms with Crippen molar-refractivity contribution in [2.45, 2.75) is 51.1 Å². The third kappa shape index (κ3) is 8.51. The third-order valence-corrected chi connectivity index (χ3v) is 9.31. The Bertz CT molecular complexity index is 1670. The Balaban J connectivity index is 1.82. The van der Waals surface area contributed by atoms with Gasteiger partial charge in [0, 0.05) is 19.5 Å². The average molecular weight is 628 g/mol. The molecular formula is C36H41N3O5S. The number of nitrogens with one attached hydrogen (secondary N) is 1. The van der Waals surface area contributed by atoms with Crippen molar-refractivity contribution < 1.29 is 22.7 Å². The molecule has 0 fully saturated rings. The predicted molar refractivity (Wildman–Crippen MR) is 178 cm³/mol. The van der Waals surface area contributed by atoms with Gasteiger partial charge in [-0.3, -0.25) is 13.9 Å². The standard InChI is InChI=1S/C36H41N3O5S/c1-5-23-37-36(41)33(24-29-11-7-6-8-12-29)38(25-30-19-15-27(2)16-20-30)35(40)26-39(32-13-9-10-14-34(32)44-4)45(42,43)31-21-17-28(3)18-22-31/h6-22,33H,5,23-26H2,1-4H3,(H,37,41). The molecule has 4 aromatic carbocycles. The summed E-state index contributed by atoms with van der Waals surface area (Å²) in [5.41, 5.74) is 3.88. The third-order valence-electron chi connectivity index (χ3n) is 7.54. The number of sulfonamides is 1. The SMILES string of the molecule is CCCNC(=O)C(Cc1ccccc1)N(Cc1ccc(C)cc1)C(=O)CN(c1ccccc1OC)S(=O)(=O)c1ccc(C)cc1. The minimum Gasteiger partial charge on any atom is -0.495 e. The minimum absolute atomic E-state index is 0.0402. The van der Waals surface area contributed by atoms with Crippen molar-refractivity contribution in [2.24, 2.45) is 0 Å². The van der Waals surface area contributed by atoms with Crippen molar-refractivity contribution in [1.82, 2.24) is 10.2 Å². The first-order valence-electron chi connectivity index (χ1n) is 15.0. The number of hydrogen-bond acceptors (Lipinski definition) is 5. The summed E-state index contributed by atoms with van der Waals surface area (Å²) in [5, 5.41) is 2.96. The number of carbonyl (C=O) groups is 2. The van der Waals surface area contributed by atoms with Crippen molar-refractivity contribution >= 4 is 27.5 Å². The van der Waals surface area contributed by atoms with E-state index in [9.17, 15) is 18.0 Å². The second-order valence-corrected chi connectivity index (χ2v) is 12.9. The summed E-state index contributed by atoms with van der Waals surface area (Å²) in [6.45, 7) is 5.82. The summed E-state index contributed by atoms with van der Waals surface area (Å²) in [7, 11) is -2.77. The molecule has 1 atom stereocenters. The van der Waals surface area contributed by atoms with Gasteiger partial charge in [0.2, 0.25) is 11.8 Å². The number of carbonyl (C=O) groups excluding carboxylic acids is 2. The highest BCUT2D eigenvalue weighted by atomic mass is 32.2. The molecule has 0 aliphatic rings. The van der Waals surface area contributed by atoms with Crippen molar-refractivity contribution in [2.75, 3.05) is 24.5 Å². The molecule has 0 aliphatic carbocycles. The van der Waals surface area contributed by atoms with Gasteiger partial charge in [0.15, 0.2) is 0 Å². The molecule has 236 valence electrons. The first-order valence-corrected chi connectivity index (χ1v) is 16.5. The van der Waals surface area contributed by atoms with E-state index in [0.717, 1.165) is 33.0 Å². The van der Waals surface area contributed by atoms with E-state index >= 15 is 0 Å². The van der Waals surface area contributed by atoms with Gasteiger partial charge in [-0.2, -0.15) is 0 Å². The van der Waals surface area contributed by atoms with E-state index in [-0.39, 0.29) is 29.5 Å². The van der Waals surface area contributed by atoms with Crippen molar-refractivity contribution in [3.05, 3.63) is 125 Å². The van der Waals surface area contributed by atoms with Crippen LogP contribution in [0.4, 0.5) is 5.69 Å². The van der Waals surface area contributed by atoms with Crippen LogP contribution in [0.2, 0.25) is 0 Å². The van der Waals surface area contributed by atoms with E-state index in [1.165, 1.54) is 24.1 Å². The Labute approximate surface area is 266 Å². The molecule has 0 saturated carbocycles. The molecule has 8 nitrogen and oxygen atoms in total. The number of anilines is 1. The molecule has 45 heavy (non-hydrogen) atoms. The molecule has 2 amide bonds. The van der Waals surface area contributed by atoms with Crippen LogP contribution in [0.5, 0.6) is 5.75 Å². The fraction of sp³-hybridized carbons (Fsp3) is 0.278. The zero-order valence-electron chi connectivity index (χ0n) is 26.3. The maximum absolute atomic E-state index is 14.5. The van der Waals surface area contributed by atoms with Gasteiger partial charge in [0.05, 0.1) is 17.7 Å². The summed E-state index contributed by atoms with van der Waals surface area (Å²) < 4.78 is 35.1. The number of rotatable bonds is 14. The number of ether oxygens (including phenoxy) is 1. The molecule has 4 aromatic rings. The van der Waals surface area contributed by atoms with Gasteiger partial charge < -0.3 is 15.0 Å². The molecule has 0 heterocycles. The quantitative estimate of drug-likeness (QED) is 0.194. The highest BCUT2D eigenvalue weighted by molar-refractivity contribution is 7.92. The molecular weight excluding hydrogens is 586 g/mol. The zero-order chi connectivity index (χ0) is 32.4. The fourth-order valence-corrected chi connectivity index (χ4v) is 6.42. The first kappa shape index (κ1) is 33.3. The first-order chi connectivity index (χ1) is 21.6. The number of para-hydroxylation sites is 2. The summed E-state index contributed by atoms with van der Waals surface area (Å²) >= 11 is 0. The van der Waals surface area contributed by atoms with E-state index in [2.05, 4.69) is 5.32 Å². The number of amides is 2. The maximum Gasteiger partial charge on any atom is 0.264 e. The molecule has 0 aliphatic heterocycles. The lowest BCUT2D eigenvalue weighted by molar-refractivity contribution is -0.140. The average Bonchev–Trinajstić information content (AvgIpc) is 3.05. The van der Waals surface area contributed by atoms with E-state index in [4.69, 9.17) is 4.74 Å². The van der Waals surface area contributed by atoms with Crippen LogP contribution in [0, 0.1) is 13.8 Å². The van der Waals surface area contributed by atoms with Gasteiger partial charge in [-0.1, -0.05) is 96.9 Å². The van der Waals surface area contributed by atoms with Crippen LogP contribution < -0.4 is 14.4 Å². The highest BCUT2D eigenvalue weighted by Gasteiger charge is 2.35. The number of nitrogens with zero attached hydrogens (tertiary/aromatic N) is 2. The Kier molecular flexibility index (Phi) is 11.4. The molecule has 0 radical (unpaired) electrons. The van der Waals surface area contributed by atoms with E-state index in [1.807, 2.05) is 75.4 Å². The topological polar surface area (TPSA) is 96.0 Å². The van der Waals surface area contributed by atoms with Gasteiger partial charge in [0.1, 0.15) is 18.3 Å². The van der Waals surface area contributed by atoms with Gasteiger partial charge in [-0.05, 0) is 55.7 Å². The Morgan fingerprint density at radius 2 is 1.40 bits per heavy atom. The fourth-order valence-electron chi connectivity index (χ4n) is 5.00. The molecule has 0 spiro atoms. The van der Waals surface area contributed by atoms with Crippen LogP contribution >= 0.6 is 0 Å². The summed E-state index contributed by atoms with van der Waals surface area (Å²) in [4.78, 5) is 29.8. The van der Waals surface area contributed by atoms with Crippen LogP contribution in [0.15, 0.2) is 108 Å². The summed E-state index contributed by atoms with van der Waals surface area (Å²) in [6, 6.07) is 29.5. The second-order valence-electron chi connectivity index (χ2n) is 11.0. The van der Waals surface area contributed by atoms with E-state index in [0.29, 0.717) is 12.3 Å². The Morgan fingerprint density at radius 3 is 2.02 bits per heavy atom.